The molecule has 7 heteroatoms. The van der Waals surface area contributed by atoms with E-state index in [1.165, 1.54) is 4.70 Å². The van der Waals surface area contributed by atoms with Crippen molar-refractivity contribution in [2.24, 2.45) is 0 Å². The lowest BCUT2D eigenvalue weighted by atomic mass is 10.1. The van der Waals surface area contributed by atoms with E-state index in [4.69, 9.17) is 4.74 Å². The van der Waals surface area contributed by atoms with E-state index in [0.717, 1.165) is 72.5 Å². The number of ether oxygens (including phenoxy) is 1. The minimum Gasteiger partial charge on any atom is -0.493 e. The van der Waals surface area contributed by atoms with E-state index in [0.29, 0.717) is 6.61 Å². The van der Waals surface area contributed by atoms with Crippen molar-refractivity contribution in [2.75, 3.05) is 26.2 Å². The molecule has 5 rings (SSSR count). The maximum atomic E-state index is 9.58. The number of piperidine rings is 1. The van der Waals surface area contributed by atoms with Crippen LogP contribution in [-0.2, 0) is 0 Å². The average Bonchev–Trinajstić information content (AvgIpc) is 3.41. The van der Waals surface area contributed by atoms with Gasteiger partial charge in [0.25, 0.3) is 0 Å². The normalized spacial score (nSPS) is 16.3. The average molecular weight is 397 g/mol. The smallest absolute Gasteiger partial charge is 0.126 e. The minimum absolute atomic E-state index is 0.109. The number of nitrogens with one attached hydrogen (secondary N) is 2. The Morgan fingerprint density at radius 3 is 2.96 bits per heavy atom. The molecular formula is C21H24N4O2S. The Hall–Kier alpha value is -2.35. The summed E-state index contributed by atoms with van der Waals surface area (Å²) in [5.41, 5.74) is 4.12. The quantitative estimate of drug-likeness (QED) is 0.431. The SMILES string of the molecule is OC1CCN(CCCOc2ccc3cc(-c4n[nH]c5ccsc45)[nH]c3c2)CC1. The van der Waals surface area contributed by atoms with Crippen molar-refractivity contribution >= 4 is 32.5 Å². The summed E-state index contributed by atoms with van der Waals surface area (Å²) in [6.45, 7) is 3.71. The van der Waals surface area contributed by atoms with Gasteiger partial charge in [0.2, 0.25) is 0 Å². The van der Waals surface area contributed by atoms with E-state index in [9.17, 15) is 5.11 Å². The molecule has 146 valence electrons. The molecule has 0 unspecified atom stereocenters. The van der Waals surface area contributed by atoms with Crippen LogP contribution in [0.3, 0.4) is 0 Å². The topological polar surface area (TPSA) is 77.2 Å². The van der Waals surface area contributed by atoms with Gasteiger partial charge in [0, 0.05) is 36.6 Å². The summed E-state index contributed by atoms with van der Waals surface area (Å²) >= 11 is 1.70. The van der Waals surface area contributed by atoms with Gasteiger partial charge in [0.15, 0.2) is 0 Å². The van der Waals surface area contributed by atoms with E-state index < -0.39 is 0 Å². The van der Waals surface area contributed by atoms with Crippen molar-refractivity contribution in [2.45, 2.75) is 25.4 Å². The molecule has 0 bridgehead atoms. The fraction of sp³-hybridized carbons (Fsp3) is 0.381. The second-order valence-corrected chi connectivity index (χ2v) is 8.36. The monoisotopic (exact) mass is 396 g/mol. The highest BCUT2D eigenvalue weighted by molar-refractivity contribution is 7.17. The number of rotatable bonds is 6. The predicted octanol–water partition coefficient (Wildman–Crippen LogP) is 4.00. The second kappa shape index (κ2) is 7.58. The van der Waals surface area contributed by atoms with Crippen molar-refractivity contribution in [1.82, 2.24) is 20.1 Å². The largest absolute Gasteiger partial charge is 0.493 e. The van der Waals surface area contributed by atoms with Crippen LogP contribution >= 0.6 is 11.3 Å². The van der Waals surface area contributed by atoms with Gasteiger partial charge in [-0.2, -0.15) is 5.10 Å². The number of hydrogen-bond donors (Lipinski definition) is 3. The Morgan fingerprint density at radius 2 is 2.07 bits per heavy atom. The molecule has 1 aliphatic heterocycles. The number of hydrogen-bond acceptors (Lipinski definition) is 5. The number of aliphatic hydroxyl groups is 1. The molecule has 1 fully saturated rings. The number of likely N-dealkylation sites (tertiary alicyclic amines) is 1. The molecule has 1 aromatic carbocycles. The van der Waals surface area contributed by atoms with E-state index in [-0.39, 0.29) is 6.10 Å². The summed E-state index contributed by atoms with van der Waals surface area (Å²) < 4.78 is 7.14. The molecular weight excluding hydrogens is 372 g/mol. The van der Waals surface area contributed by atoms with Crippen molar-refractivity contribution < 1.29 is 9.84 Å². The second-order valence-electron chi connectivity index (χ2n) is 7.44. The van der Waals surface area contributed by atoms with Crippen LogP contribution in [0.15, 0.2) is 35.7 Å². The fourth-order valence-corrected chi connectivity index (χ4v) is 4.72. The summed E-state index contributed by atoms with van der Waals surface area (Å²) in [6, 6.07) is 10.4. The number of aliphatic hydroxyl groups excluding tert-OH is 1. The van der Waals surface area contributed by atoms with Gasteiger partial charge in [0.1, 0.15) is 11.4 Å². The molecule has 0 spiro atoms. The highest BCUT2D eigenvalue weighted by atomic mass is 32.1. The number of fused-ring (bicyclic) bond motifs is 2. The number of aromatic nitrogens is 3. The van der Waals surface area contributed by atoms with Crippen LogP contribution < -0.4 is 4.74 Å². The van der Waals surface area contributed by atoms with Crippen LogP contribution in [-0.4, -0.2) is 57.5 Å². The lowest BCUT2D eigenvalue weighted by molar-refractivity contribution is 0.0800. The molecule has 0 saturated carbocycles. The number of H-pyrrole nitrogens is 2. The Bertz CT molecular complexity index is 1070. The lowest BCUT2D eigenvalue weighted by Gasteiger charge is -2.29. The third kappa shape index (κ3) is 3.53. The summed E-state index contributed by atoms with van der Waals surface area (Å²) in [4.78, 5) is 5.89. The van der Waals surface area contributed by atoms with Crippen LogP contribution in [0.25, 0.3) is 32.5 Å². The molecule has 1 saturated heterocycles. The molecule has 3 N–H and O–H groups in total. The van der Waals surface area contributed by atoms with Crippen LogP contribution in [0.1, 0.15) is 19.3 Å². The number of nitrogens with zero attached hydrogens (tertiary/aromatic N) is 2. The van der Waals surface area contributed by atoms with Crippen LogP contribution in [0, 0.1) is 0 Å². The standard InChI is InChI=1S/C21H24N4O2S/c26-15-4-8-25(9-5-15)7-1-10-27-16-3-2-14-12-19(22-18(14)13-16)20-21-17(23-24-20)6-11-28-21/h2-3,6,11-13,15,22,26H,1,4-5,7-10H2,(H,23,24). The van der Waals surface area contributed by atoms with Crippen molar-refractivity contribution in [3.63, 3.8) is 0 Å². The molecule has 3 aromatic heterocycles. The van der Waals surface area contributed by atoms with Crippen LogP contribution in [0.5, 0.6) is 5.75 Å². The van der Waals surface area contributed by atoms with Crippen LogP contribution in [0.2, 0.25) is 0 Å². The highest BCUT2D eigenvalue weighted by Crippen LogP contribution is 2.32. The van der Waals surface area contributed by atoms with Crippen LogP contribution in [0.4, 0.5) is 0 Å². The Labute approximate surface area is 167 Å². The first-order valence-electron chi connectivity index (χ1n) is 9.84. The number of thiophene rings is 1. The Kier molecular flexibility index (Phi) is 4.80. The molecule has 0 radical (unpaired) electrons. The van der Waals surface area contributed by atoms with Gasteiger partial charge in [-0.1, -0.05) is 0 Å². The maximum Gasteiger partial charge on any atom is 0.126 e. The van der Waals surface area contributed by atoms with Crippen molar-refractivity contribution in [3.05, 3.63) is 35.7 Å². The summed E-state index contributed by atoms with van der Waals surface area (Å²) in [5.74, 6) is 0.887. The van der Waals surface area contributed by atoms with E-state index >= 15 is 0 Å². The summed E-state index contributed by atoms with van der Waals surface area (Å²) in [5, 5.41) is 20.3. The third-order valence-electron chi connectivity index (χ3n) is 5.46. The number of benzene rings is 1. The summed E-state index contributed by atoms with van der Waals surface area (Å²) in [7, 11) is 0. The lowest BCUT2D eigenvalue weighted by Crippen LogP contribution is -2.36. The molecule has 4 aromatic rings. The van der Waals surface area contributed by atoms with Gasteiger partial charge in [-0.05, 0) is 48.9 Å². The van der Waals surface area contributed by atoms with Gasteiger partial charge < -0.3 is 19.7 Å². The van der Waals surface area contributed by atoms with Gasteiger partial charge in [-0.15, -0.1) is 11.3 Å². The molecule has 4 heterocycles. The predicted molar refractivity (Wildman–Crippen MR) is 113 cm³/mol. The molecule has 1 aliphatic rings. The molecule has 28 heavy (non-hydrogen) atoms. The molecule has 0 aliphatic carbocycles. The zero-order chi connectivity index (χ0) is 18.9. The molecule has 6 nitrogen and oxygen atoms in total. The van der Waals surface area contributed by atoms with Crippen molar-refractivity contribution in [1.29, 1.82) is 0 Å². The first kappa shape index (κ1) is 17.7. The maximum absolute atomic E-state index is 9.58. The van der Waals surface area contributed by atoms with E-state index in [1.807, 2.05) is 6.07 Å². The zero-order valence-electron chi connectivity index (χ0n) is 15.6. The first-order valence-corrected chi connectivity index (χ1v) is 10.7. The number of aromatic amines is 2. The minimum atomic E-state index is -0.109. The van der Waals surface area contributed by atoms with E-state index in [1.54, 1.807) is 11.3 Å². The zero-order valence-corrected chi connectivity index (χ0v) is 16.5. The van der Waals surface area contributed by atoms with Gasteiger partial charge in [0.05, 0.1) is 28.6 Å². The Morgan fingerprint density at radius 1 is 1.18 bits per heavy atom. The molecule has 0 atom stereocenters. The highest BCUT2D eigenvalue weighted by Gasteiger charge is 2.16. The van der Waals surface area contributed by atoms with Gasteiger partial charge in [-0.25, -0.2) is 0 Å². The first-order chi connectivity index (χ1) is 13.8. The third-order valence-corrected chi connectivity index (χ3v) is 6.38. The van der Waals surface area contributed by atoms with Gasteiger partial charge >= 0.3 is 0 Å². The molecule has 0 amide bonds. The van der Waals surface area contributed by atoms with Crippen molar-refractivity contribution in [3.8, 4) is 17.1 Å². The Balaban J connectivity index is 1.22. The fourth-order valence-electron chi connectivity index (χ4n) is 3.87. The summed E-state index contributed by atoms with van der Waals surface area (Å²) in [6.07, 6.45) is 2.66. The van der Waals surface area contributed by atoms with Gasteiger partial charge in [-0.3, -0.25) is 5.10 Å². The van der Waals surface area contributed by atoms with E-state index in [2.05, 4.69) is 49.7 Å².